The second-order valence-corrected chi connectivity index (χ2v) is 8.72. The summed E-state index contributed by atoms with van der Waals surface area (Å²) in [6.45, 7) is 1.88. The Balaban J connectivity index is 1.41. The Labute approximate surface area is 206 Å². The van der Waals surface area contributed by atoms with Crippen molar-refractivity contribution >= 4 is 27.5 Å². The number of nitrogens with two attached hydrogens (primary N) is 1. The molecule has 3 heterocycles. The van der Waals surface area contributed by atoms with Crippen LogP contribution in [-0.2, 0) is 13.0 Å². The van der Waals surface area contributed by atoms with Crippen molar-refractivity contribution in [3.8, 4) is 17.4 Å². The maximum atomic E-state index is 12.8. The van der Waals surface area contributed by atoms with Crippen LogP contribution in [0.1, 0.15) is 22.2 Å². The maximum absolute atomic E-state index is 12.8. The molecule has 5 aromatic rings. The van der Waals surface area contributed by atoms with E-state index < -0.39 is 6.36 Å². The fourth-order valence-electron chi connectivity index (χ4n) is 3.53. The summed E-state index contributed by atoms with van der Waals surface area (Å²) in [4.78, 5) is 17.4. The summed E-state index contributed by atoms with van der Waals surface area (Å²) in [7, 11) is 0. The van der Waals surface area contributed by atoms with Gasteiger partial charge in [-0.25, -0.2) is 9.97 Å². The third-order valence-corrected chi connectivity index (χ3v) is 5.95. The number of hydrogen-bond acceptors (Lipinski definition) is 9. The molecule has 184 valence electrons. The second kappa shape index (κ2) is 9.41. The molecular formula is C23H18F3N7O2S. The quantitative estimate of drug-likeness (QED) is 0.335. The van der Waals surface area contributed by atoms with Crippen molar-refractivity contribution < 1.29 is 22.6 Å². The van der Waals surface area contributed by atoms with Crippen molar-refractivity contribution in [1.82, 2.24) is 29.7 Å². The molecule has 0 amide bonds. The Morgan fingerprint density at radius 2 is 1.78 bits per heavy atom. The van der Waals surface area contributed by atoms with Crippen LogP contribution in [0.15, 0.2) is 54.6 Å². The second-order valence-electron chi connectivity index (χ2n) is 7.61. The topological polar surface area (TPSA) is 114 Å². The first-order valence-corrected chi connectivity index (χ1v) is 11.4. The molecule has 3 aromatic heterocycles. The molecule has 0 aliphatic heterocycles. The maximum Gasteiger partial charge on any atom is 0.573 e. The summed E-state index contributed by atoms with van der Waals surface area (Å²) >= 11 is 1.52. The van der Waals surface area contributed by atoms with Gasteiger partial charge in [-0.15, -0.1) is 29.6 Å². The van der Waals surface area contributed by atoms with Gasteiger partial charge in [0.2, 0.25) is 11.8 Å². The lowest BCUT2D eigenvalue weighted by molar-refractivity contribution is -0.274. The molecule has 0 aliphatic rings. The number of para-hydroxylation sites is 2. The molecule has 0 spiro atoms. The zero-order valence-corrected chi connectivity index (χ0v) is 19.5. The van der Waals surface area contributed by atoms with E-state index in [4.69, 9.17) is 10.5 Å². The van der Waals surface area contributed by atoms with Gasteiger partial charge in [-0.05, 0) is 25.1 Å². The molecule has 13 heteroatoms. The highest BCUT2D eigenvalue weighted by atomic mass is 32.1. The van der Waals surface area contributed by atoms with Gasteiger partial charge < -0.3 is 15.2 Å². The molecule has 0 aliphatic carbocycles. The normalized spacial score (nSPS) is 11.7. The number of benzene rings is 2. The molecular weight excluding hydrogens is 495 g/mol. The van der Waals surface area contributed by atoms with Gasteiger partial charge in [0.05, 0.1) is 10.2 Å². The van der Waals surface area contributed by atoms with Crippen molar-refractivity contribution in [3.63, 3.8) is 0 Å². The standard InChI is InChI=1S/C23H18F3N7O2S/c1-13-28-19(11-20(29-13)34-12-21-30-15-7-3-5-9-17(15)36-21)33-18(31-22(27)32-33)10-14-6-2-4-8-16(14)35-23(24,25)26/h2-9,11H,10,12H2,1H3,(H2,27,32). The summed E-state index contributed by atoms with van der Waals surface area (Å²) in [5.74, 6) is 0.839. The van der Waals surface area contributed by atoms with E-state index in [1.54, 1.807) is 19.1 Å². The van der Waals surface area contributed by atoms with E-state index in [1.165, 1.54) is 34.2 Å². The van der Waals surface area contributed by atoms with Crippen LogP contribution in [0, 0.1) is 6.92 Å². The van der Waals surface area contributed by atoms with Crippen LogP contribution in [0.5, 0.6) is 11.6 Å². The zero-order chi connectivity index (χ0) is 25.3. The molecule has 5 rings (SSSR count). The van der Waals surface area contributed by atoms with Gasteiger partial charge in [0, 0.05) is 18.1 Å². The molecule has 0 unspecified atom stereocenters. The minimum atomic E-state index is -4.83. The van der Waals surface area contributed by atoms with Crippen LogP contribution >= 0.6 is 11.3 Å². The first kappa shape index (κ1) is 23.5. The van der Waals surface area contributed by atoms with E-state index in [1.807, 2.05) is 24.3 Å². The molecule has 0 fully saturated rings. The number of aromatic nitrogens is 6. The van der Waals surface area contributed by atoms with E-state index in [-0.39, 0.29) is 42.0 Å². The Hall–Kier alpha value is -4.26. The van der Waals surface area contributed by atoms with Gasteiger partial charge in [-0.3, -0.25) is 0 Å². The van der Waals surface area contributed by atoms with E-state index in [0.717, 1.165) is 15.2 Å². The summed E-state index contributed by atoms with van der Waals surface area (Å²) in [5.41, 5.74) is 6.96. The number of aryl methyl sites for hydroxylation is 1. The monoisotopic (exact) mass is 513 g/mol. The van der Waals surface area contributed by atoms with Crippen molar-refractivity contribution in [2.75, 3.05) is 5.73 Å². The number of thiazole rings is 1. The Morgan fingerprint density at radius 3 is 2.58 bits per heavy atom. The predicted molar refractivity (Wildman–Crippen MR) is 126 cm³/mol. The Morgan fingerprint density at radius 1 is 1.00 bits per heavy atom. The SMILES string of the molecule is Cc1nc(OCc2nc3ccccc3s2)cc(-n2nc(N)nc2Cc2ccccc2OC(F)(F)F)n1. The molecule has 2 aromatic carbocycles. The Kier molecular flexibility index (Phi) is 6.14. The number of ether oxygens (including phenoxy) is 2. The van der Waals surface area contributed by atoms with Crippen LogP contribution in [0.4, 0.5) is 19.1 Å². The van der Waals surface area contributed by atoms with Crippen LogP contribution in [0.2, 0.25) is 0 Å². The van der Waals surface area contributed by atoms with Crippen molar-refractivity contribution in [2.24, 2.45) is 0 Å². The largest absolute Gasteiger partial charge is 0.573 e. The third kappa shape index (κ3) is 5.35. The van der Waals surface area contributed by atoms with E-state index in [2.05, 4.69) is 29.8 Å². The predicted octanol–water partition coefficient (Wildman–Crippen LogP) is 4.63. The lowest BCUT2D eigenvalue weighted by atomic mass is 10.1. The minimum absolute atomic E-state index is 0.0403. The molecule has 0 saturated carbocycles. The Bertz CT molecular complexity index is 1500. The fourth-order valence-corrected chi connectivity index (χ4v) is 4.41. The summed E-state index contributed by atoms with van der Waals surface area (Å²) in [6.07, 6.45) is -4.87. The number of rotatable bonds is 7. The highest BCUT2D eigenvalue weighted by Gasteiger charge is 2.32. The zero-order valence-electron chi connectivity index (χ0n) is 18.7. The highest BCUT2D eigenvalue weighted by molar-refractivity contribution is 7.18. The van der Waals surface area contributed by atoms with E-state index in [0.29, 0.717) is 11.6 Å². The number of fused-ring (bicyclic) bond motifs is 1. The lowest BCUT2D eigenvalue weighted by Crippen LogP contribution is -2.18. The molecule has 2 N–H and O–H groups in total. The van der Waals surface area contributed by atoms with Crippen molar-refractivity contribution in [3.05, 3.63) is 76.8 Å². The van der Waals surface area contributed by atoms with Crippen molar-refractivity contribution in [2.45, 2.75) is 26.3 Å². The van der Waals surface area contributed by atoms with Gasteiger partial charge in [-0.2, -0.15) is 14.6 Å². The van der Waals surface area contributed by atoms with E-state index in [9.17, 15) is 13.2 Å². The van der Waals surface area contributed by atoms with Crippen molar-refractivity contribution in [1.29, 1.82) is 0 Å². The lowest BCUT2D eigenvalue weighted by Gasteiger charge is -2.13. The van der Waals surface area contributed by atoms with Gasteiger partial charge in [-0.1, -0.05) is 30.3 Å². The van der Waals surface area contributed by atoms with E-state index >= 15 is 0 Å². The molecule has 0 bridgehead atoms. The number of nitrogen functional groups attached to an aromatic ring is 1. The average molecular weight is 514 g/mol. The van der Waals surface area contributed by atoms with Gasteiger partial charge >= 0.3 is 6.36 Å². The summed E-state index contributed by atoms with van der Waals surface area (Å²) in [5, 5.41) is 4.95. The number of halogens is 3. The molecule has 0 saturated heterocycles. The number of alkyl halides is 3. The van der Waals surface area contributed by atoms with Crippen LogP contribution in [-0.4, -0.2) is 36.1 Å². The number of hydrogen-bond donors (Lipinski definition) is 1. The van der Waals surface area contributed by atoms with Gasteiger partial charge in [0.25, 0.3) is 0 Å². The van der Waals surface area contributed by atoms with Crippen LogP contribution < -0.4 is 15.2 Å². The van der Waals surface area contributed by atoms with Crippen LogP contribution in [0.3, 0.4) is 0 Å². The third-order valence-electron chi connectivity index (χ3n) is 4.94. The molecule has 0 radical (unpaired) electrons. The number of anilines is 1. The minimum Gasteiger partial charge on any atom is -0.470 e. The van der Waals surface area contributed by atoms with Gasteiger partial charge in [0.15, 0.2) is 5.82 Å². The molecule has 0 atom stereocenters. The highest BCUT2D eigenvalue weighted by Crippen LogP contribution is 2.28. The average Bonchev–Trinajstić information content (AvgIpc) is 3.40. The summed E-state index contributed by atoms with van der Waals surface area (Å²) in [6, 6.07) is 15.1. The summed E-state index contributed by atoms with van der Waals surface area (Å²) < 4.78 is 50.9. The fraction of sp³-hybridized carbons (Fsp3) is 0.174. The van der Waals surface area contributed by atoms with Gasteiger partial charge in [0.1, 0.15) is 29.0 Å². The molecule has 9 nitrogen and oxygen atoms in total. The smallest absolute Gasteiger partial charge is 0.470 e. The number of nitrogens with zero attached hydrogens (tertiary/aromatic N) is 6. The first-order valence-electron chi connectivity index (χ1n) is 10.6. The first-order chi connectivity index (χ1) is 17.2. The molecule has 36 heavy (non-hydrogen) atoms. The van der Waals surface area contributed by atoms with Crippen LogP contribution in [0.25, 0.3) is 16.0 Å².